The topological polar surface area (TPSA) is 47.3 Å². The third-order valence-corrected chi connectivity index (χ3v) is 10.2. The number of hydrogen-bond acceptors (Lipinski definition) is 4. The Morgan fingerprint density at radius 3 is 1.90 bits per heavy atom. The number of nitrogens with zero attached hydrogens (tertiary/aromatic N) is 3. The number of aromatic nitrogens is 2. The van der Waals surface area contributed by atoms with E-state index < -0.39 is 0 Å². The van der Waals surface area contributed by atoms with Crippen LogP contribution in [-0.4, -0.2) is 9.55 Å². The first-order chi connectivity index (χ1) is 25.8. The molecule has 0 saturated heterocycles. The third kappa shape index (κ3) is 4.33. The minimum Gasteiger partial charge on any atom is -0.456 e. The molecule has 0 fully saturated rings. The fraction of sp³-hybridized carbons (Fsp3) is 0. The first kappa shape index (κ1) is 28.7. The van der Waals surface area contributed by atoms with Gasteiger partial charge < -0.3 is 18.3 Å². The van der Waals surface area contributed by atoms with E-state index in [-0.39, 0.29) is 0 Å². The molecule has 8 aromatic carbocycles. The summed E-state index contributed by atoms with van der Waals surface area (Å²) >= 11 is 0. The van der Waals surface area contributed by atoms with Crippen LogP contribution in [0.2, 0.25) is 0 Å². The van der Waals surface area contributed by atoms with Gasteiger partial charge in [0.25, 0.3) is 0 Å². The van der Waals surface area contributed by atoms with E-state index in [1.807, 2.05) is 48.5 Å². The number of anilines is 3. The second-order valence-corrected chi connectivity index (χ2v) is 13.2. The Morgan fingerprint density at radius 2 is 1.12 bits per heavy atom. The molecule has 0 N–H and O–H groups in total. The summed E-state index contributed by atoms with van der Waals surface area (Å²) in [7, 11) is 0. The SMILES string of the molecule is c1ccc(-c2nc3c(ccc4cccc(N(c5ccc(-n6c7ccccc7c7ccccc76)cc5)c5ccc6oc7ccccc7c6c5)c43)o2)cc1. The zero-order valence-corrected chi connectivity index (χ0v) is 27.9. The molecule has 5 heteroatoms. The van der Waals surface area contributed by atoms with Gasteiger partial charge in [0.2, 0.25) is 5.89 Å². The molecule has 3 heterocycles. The molecule has 0 atom stereocenters. The van der Waals surface area contributed by atoms with Crippen LogP contribution in [0.4, 0.5) is 17.1 Å². The molecule has 3 aromatic heterocycles. The van der Waals surface area contributed by atoms with Crippen molar-refractivity contribution in [2.75, 3.05) is 4.90 Å². The average molecular weight is 668 g/mol. The number of para-hydroxylation sites is 3. The van der Waals surface area contributed by atoms with E-state index in [0.717, 1.165) is 72.1 Å². The molecule has 0 saturated carbocycles. The first-order valence-corrected chi connectivity index (χ1v) is 17.5. The summed E-state index contributed by atoms with van der Waals surface area (Å²) in [5, 5.41) is 6.75. The second kappa shape index (κ2) is 11.2. The lowest BCUT2D eigenvalue weighted by Gasteiger charge is -2.27. The van der Waals surface area contributed by atoms with Crippen LogP contribution < -0.4 is 4.90 Å². The summed E-state index contributed by atoms with van der Waals surface area (Å²) in [6, 6.07) is 61.5. The van der Waals surface area contributed by atoms with Crippen LogP contribution in [0.15, 0.2) is 185 Å². The molecule has 0 aliphatic heterocycles. The molecule has 0 spiro atoms. The molecule has 0 unspecified atom stereocenters. The molecule has 5 nitrogen and oxygen atoms in total. The molecule has 0 bridgehead atoms. The Kier molecular flexibility index (Phi) is 6.18. The largest absolute Gasteiger partial charge is 0.456 e. The van der Waals surface area contributed by atoms with Crippen molar-refractivity contribution in [2.45, 2.75) is 0 Å². The molecule has 0 amide bonds. The van der Waals surface area contributed by atoms with Crippen molar-refractivity contribution in [3.8, 4) is 17.1 Å². The van der Waals surface area contributed by atoms with Crippen molar-refractivity contribution < 1.29 is 8.83 Å². The lowest BCUT2D eigenvalue weighted by Crippen LogP contribution is -2.11. The molecule has 11 rings (SSSR count). The number of benzene rings is 8. The van der Waals surface area contributed by atoms with Gasteiger partial charge in [-0.1, -0.05) is 91.0 Å². The first-order valence-electron chi connectivity index (χ1n) is 17.5. The maximum Gasteiger partial charge on any atom is 0.227 e. The fourth-order valence-electron chi connectivity index (χ4n) is 7.87. The van der Waals surface area contributed by atoms with E-state index >= 15 is 0 Å². The number of oxazole rings is 1. The normalized spacial score (nSPS) is 11.8. The summed E-state index contributed by atoms with van der Waals surface area (Å²) in [6.45, 7) is 0. The van der Waals surface area contributed by atoms with Gasteiger partial charge in [0.05, 0.1) is 16.7 Å². The highest BCUT2D eigenvalue weighted by Gasteiger charge is 2.21. The molecule has 0 aliphatic rings. The highest BCUT2D eigenvalue weighted by Crippen LogP contribution is 2.44. The molecule has 11 aromatic rings. The summed E-state index contributed by atoms with van der Waals surface area (Å²) in [6.07, 6.45) is 0. The molecule has 244 valence electrons. The minimum atomic E-state index is 0.603. The number of hydrogen-bond donors (Lipinski definition) is 0. The van der Waals surface area contributed by atoms with E-state index in [9.17, 15) is 0 Å². The minimum absolute atomic E-state index is 0.603. The van der Waals surface area contributed by atoms with E-state index in [0.29, 0.717) is 5.89 Å². The van der Waals surface area contributed by atoms with Crippen molar-refractivity contribution >= 4 is 82.7 Å². The Labute approximate surface area is 298 Å². The Bertz CT molecular complexity index is 3080. The van der Waals surface area contributed by atoms with Gasteiger partial charge in [-0.2, -0.15) is 0 Å². The number of furan rings is 1. The van der Waals surface area contributed by atoms with Crippen molar-refractivity contribution in [1.29, 1.82) is 0 Å². The third-order valence-electron chi connectivity index (χ3n) is 10.2. The molecule has 0 aliphatic carbocycles. The number of rotatable bonds is 5. The Hall–Kier alpha value is -7.11. The van der Waals surface area contributed by atoms with Gasteiger partial charge in [-0.25, -0.2) is 4.98 Å². The zero-order chi connectivity index (χ0) is 34.2. The smallest absolute Gasteiger partial charge is 0.227 e. The average Bonchev–Trinajstić information content (AvgIpc) is 3.91. The van der Waals surface area contributed by atoms with Crippen molar-refractivity contribution in [3.63, 3.8) is 0 Å². The van der Waals surface area contributed by atoms with Gasteiger partial charge in [0.15, 0.2) is 5.58 Å². The maximum atomic E-state index is 6.39. The fourth-order valence-corrected chi connectivity index (χ4v) is 7.87. The molecular weight excluding hydrogens is 639 g/mol. The lowest BCUT2D eigenvalue weighted by molar-refractivity contribution is 0.620. The monoisotopic (exact) mass is 667 g/mol. The summed E-state index contributed by atoms with van der Waals surface area (Å²) < 4.78 is 15.0. The standard InChI is InChI=1S/C47H29N3O2/c1-2-11-31(12-3-1)47-48-46-44(52-47)27-21-30-13-10-19-41(45(30)46)49(34-26-28-43-38(29-34)37-16-6-9-20-42(37)51-43)32-22-24-33(25-23-32)50-39-17-7-4-14-35(39)36-15-5-8-18-40(36)50/h1-29H. The lowest BCUT2D eigenvalue weighted by atomic mass is 10.0. The molecule has 52 heavy (non-hydrogen) atoms. The highest BCUT2D eigenvalue weighted by molar-refractivity contribution is 6.14. The van der Waals surface area contributed by atoms with E-state index in [1.165, 1.54) is 21.8 Å². The van der Waals surface area contributed by atoms with Crippen LogP contribution >= 0.6 is 0 Å². The van der Waals surface area contributed by atoms with Crippen LogP contribution in [0.1, 0.15) is 0 Å². The van der Waals surface area contributed by atoms with E-state index in [4.69, 9.17) is 13.8 Å². The van der Waals surface area contributed by atoms with Gasteiger partial charge in [0.1, 0.15) is 16.7 Å². The van der Waals surface area contributed by atoms with Crippen LogP contribution in [0, 0.1) is 0 Å². The van der Waals surface area contributed by atoms with Crippen molar-refractivity contribution in [3.05, 3.63) is 176 Å². The maximum absolute atomic E-state index is 6.39. The quantitative estimate of drug-likeness (QED) is 0.183. The van der Waals surface area contributed by atoms with Gasteiger partial charge in [-0.3, -0.25) is 0 Å². The molecular formula is C47H29N3O2. The predicted molar refractivity (Wildman–Crippen MR) is 213 cm³/mol. The predicted octanol–water partition coefficient (Wildman–Crippen LogP) is 13.1. The Balaban J connectivity index is 1.15. The van der Waals surface area contributed by atoms with Crippen LogP contribution in [0.5, 0.6) is 0 Å². The van der Waals surface area contributed by atoms with Gasteiger partial charge in [-0.05, 0) is 90.3 Å². The summed E-state index contributed by atoms with van der Waals surface area (Å²) in [4.78, 5) is 7.45. The molecule has 0 radical (unpaired) electrons. The van der Waals surface area contributed by atoms with Gasteiger partial charge >= 0.3 is 0 Å². The number of fused-ring (bicyclic) bond motifs is 9. The second-order valence-electron chi connectivity index (χ2n) is 13.2. The van der Waals surface area contributed by atoms with Gasteiger partial charge in [0, 0.05) is 49.6 Å². The van der Waals surface area contributed by atoms with Crippen LogP contribution in [0.25, 0.3) is 82.8 Å². The van der Waals surface area contributed by atoms with Crippen LogP contribution in [0.3, 0.4) is 0 Å². The van der Waals surface area contributed by atoms with E-state index in [1.54, 1.807) is 0 Å². The van der Waals surface area contributed by atoms with Crippen molar-refractivity contribution in [1.82, 2.24) is 9.55 Å². The van der Waals surface area contributed by atoms with Gasteiger partial charge in [-0.15, -0.1) is 0 Å². The highest BCUT2D eigenvalue weighted by atomic mass is 16.3. The van der Waals surface area contributed by atoms with Crippen molar-refractivity contribution in [2.24, 2.45) is 0 Å². The summed E-state index contributed by atoms with van der Waals surface area (Å²) in [5.74, 6) is 0.603. The Morgan fingerprint density at radius 1 is 0.462 bits per heavy atom. The van der Waals surface area contributed by atoms with E-state index in [2.05, 4.69) is 137 Å². The zero-order valence-electron chi connectivity index (χ0n) is 27.9. The summed E-state index contributed by atoms with van der Waals surface area (Å²) in [5.41, 5.74) is 10.8. The van der Waals surface area contributed by atoms with Crippen LogP contribution in [-0.2, 0) is 0 Å².